The van der Waals surface area contributed by atoms with Gasteiger partial charge in [-0.25, -0.2) is 15.0 Å². The smallest absolute Gasteiger partial charge is 0.164 e. The Morgan fingerprint density at radius 1 is 0.236 bits per heavy atom. The molecule has 0 spiro atoms. The Morgan fingerprint density at radius 2 is 0.564 bits per heavy atom. The van der Waals surface area contributed by atoms with Crippen molar-refractivity contribution in [3.8, 4) is 89.8 Å². The van der Waals surface area contributed by atoms with Crippen molar-refractivity contribution in [2.45, 2.75) is 6.42 Å². The second-order valence-electron chi connectivity index (χ2n) is 14.0. The summed E-state index contributed by atoms with van der Waals surface area (Å²) in [4.78, 5) is 14.9. The SMILES string of the molecule is c1ccc(-c2ccc(-c3nc(-c4ccccc4)nc(-c4ccc(-c5cccc(-c6cccc7c6Cc6c(-c8ccccc8)cccc6-7)c5)cc4)n3)cc2)cc1. The molecule has 8 aromatic carbocycles. The van der Waals surface area contributed by atoms with Gasteiger partial charge in [-0.15, -0.1) is 0 Å². The van der Waals surface area contributed by atoms with Crippen LogP contribution >= 0.6 is 0 Å². The van der Waals surface area contributed by atoms with E-state index in [4.69, 9.17) is 15.0 Å². The lowest BCUT2D eigenvalue weighted by molar-refractivity contribution is 1.07. The minimum atomic E-state index is 0.644. The monoisotopic (exact) mass is 701 g/mol. The van der Waals surface area contributed by atoms with Crippen molar-refractivity contribution in [3.63, 3.8) is 0 Å². The summed E-state index contributed by atoms with van der Waals surface area (Å²) in [5.41, 5.74) is 18.0. The second-order valence-corrected chi connectivity index (χ2v) is 14.0. The van der Waals surface area contributed by atoms with Crippen molar-refractivity contribution in [3.05, 3.63) is 211 Å². The van der Waals surface area contributed by atoms with Crippen molar-refractivity contribution in [1.82, 2.24) is 15.0 Å². The van der Waals surface area contributed by atoms with Crippen LogP contribution in [0.1, 0.15) is 11.1 Å². The summed E-state index contributed by atoms with van der Waals surface area (Å²) in [6, 6.07) is 70.7. The zero-order valence-corrected chi connectivity index (χ0v) is 30.1. The molecule has 0 radical (unpaired) electrons. The van der Waals surface area contributed by atoms with Crippen LogP contribution in [0.4, 0.5) is 0 Å². The standard InChI is InChI=1S/C52H35N3/c1-4-13-35(14-5-1)36-25-29-40(30-26-36)51-53-50(39-17-8-3-9-18-39)54-52(55-51)41-31-27-37(28-32-41)42-19-10-20-43(33-42)45-22-12-24-47-46-23-11-21-44(48(46)34-49(45)47)38-15-6-2-7-16-38/h1-33H,34H2. The first kappa shape index (κ1) is 32.4. The van der Waals surface area contributed by atoms with E-state index >= 15 is 0 Å². The third-order valence-electron chi connectivity index (χ3n) is 10.6. The van der Waals surface area contributed by atoms with Crippen molar-refractivity contribution in [2.75, 3.05) is 0 Å². The molecule has 1 aliphatic rings. The minimum absolute atomic E-state index is 0.644. The van der Waals surface area contributed by atoms with Gasteiger partial charge in [-0.3, -0.25) is 0 Å². The van der Waals surface area contributed by atoms with Gasteiger partial charge in [0.05, 0.1) is 0 Å². The predicted molar refractivity (Wildman–Crippen MR) is 226 cm³/mol. The highest BCUT2D eigenvalue weighted by molar-refractivity contribution is 5.90. The average Bonchev–Trinajstić information content (AvgIpc) is 3.67. The first-order chi connectivity index (χ1) is 27.2. The van der Waals surface area contributed by atoms with E-state index in [1.54, 1.807) is 0 Å². The van der Waals surface area contributed by atoms with Crippen LogP contribution in [0.3, 0.4) is 0 Å². The van der Waals surface area contributed by atoms with E-state index in [1.807, 2.05) is 36.4 Å². The average molecular weight is 702 g/mol. The number of hydrogen-bond acceptors (Lipinski definition) is 3. The molecule has 0 saturated heterocycles. The van der Waals surface area contributed by atoms with Gasteiger partial charge in [0.15, 0.2) is 17.5 Å². The van der Waals surface area contributed by atoms with Gasteiger partial charge in [0.2, 0.25) is 0 Å². The molecular weight excluding hydrogens is 667 g/mol. The number of rotatable bonds is 7. The predicted octanol–water partition coefficient (Wildman–Crippen LogP) is 13.1. The second kappa shape index (κ2) is 14.0. The topological polar surface area (TPSA) is 38.7 Å². The minimum Gasteiger partial charge on any atom is -0.208 e. The number of aromatic nitrogens is 3. The van der Waals surface area contributed by atoms with Crippen LogP contribution in [0.5, 0.6) is 0 Å². The molecule has 0 fully saturated rings. The van der Waals surface area contributed by atoms with E-state index in [0.29, 0.717) is 17.5 Å². The maximum absolute atomic E-state index is 5.01. The summed E-state index contributed by atoms with van der Waals surface area (Å²) in [7, 11) is 0. The third kappa shape index (κ3) is 6.22. The molecule has 10 rings (SSSR count). The molecule has 0 unspecified atom stereocenters. The first-order valence-electron chi connectivity index (χ1n) is 18.7. The Hall–Kier alpha value is -7.23. The molecule has 9 aromatic rings. The molecule has 1 aliphatic carbocycles. The molecule has 55 heavy (non-hydrogen) atoms. The lowest BCUT2D eigenvalue weighted by atomic mass is 9.93. The normalized spacial score (nSPS) is 11.6. The lowest BCUT2D eigenvalue weighted by Gasteiger charge is -2.12. The lowest BCUT2D eigenvalue weighted by Crippen LogP contribution is -2.00. The van der Waals surface area contributed by atoms with Gasteiger partial charge < -0.3 is 0 Å². The van der Waals surface area contributed by atoms with E-state index in [-0.39, 0.29) is 0 Å². The summed E-state index contributed by atoms with van der Waals surface area (Å²) in [5, 5.41) is 0. The Morgan fingerprint density at radius 3 is 1.09 bits per heavy atom. The van der Waals surface area contributed by atoms with Gasteiger partial charge >= 0.3 is 0 Å². The number of hydrogen-bond donors (Lipinski definition) is 0. The molecule has 0 bridgehead atoms. The maximum atomic E-state index is 5.01. The number of nitrogens with zero attached hydrogens (tertiary/aromatic N) is 3. The highest BCUT2D eigenvalue weighted by atomic mass is 15.0. The molecule has 3 heteroatoms. The summed E-state index contributed by atoms with van der Waals surface area (Å²) >= 11 is 0. The van der Waals surface area contributed by atoms with Crippen LogP contribution in [0.2, 0.25) is 0 Å². The fourth-order valence-corrected chi connectivity index (χ4v) is 7.87. The van der Waals surface area contributed by atoms with Gasteiger partial charge in [0, 0.05) is 16.7 Å². The van der Waals surface area contributed by atoms with Crippen LogP contribution in [0, 0.1) is 0 Å². The van der Waals surface area contributed by atoms with Crippen LogP contribution in [0.15, 0.2) is 200 Å². The van der Waals surface area contributed by atoms with Gasteiger partial charge in [0.1, 0.15) is 0 Å². The van der Waals surface area contributed by atoms with Crippen LogP contribution in [-0.4, -0.2) is 15.0 Å². The quantitative estimate of drug-likeness (QED) is 0.166. The highest BCUT2D eigenvalue weighted by Crippen LogP contribution is 2.45. The van der Waals surface area contributed by atoms with Crippen LogP contribution < -0.4 is 0 Å². The Kier molecular flexibility index (Phi) is 8.23. The Labute approximate surface area is 321 Å². The molecular formula is C52H35N3. The molecule has 0 amide bonds. The zero-order chi connectivity index (χ0) is 36.6. The fraction of sp³-hybridized carbons (Fsp3) is 0.0192. The van der Waals surface area contributed by atoms with E-state index < -0.39 is 0 Å². The zero-order valence-electron chi connectivity index (χ0n) is 30.1. The first-order valence-corrected chi connectivity index (χ1v) is 18.7. The van der Waals surface area contributed by atoms with E-state index in [1.165, 1.54) is 55.6 Å². The number of benzene rings is 8. The van der Waals surface area contributed by atoms with Crippen molar-refractivity contribution in [2.24, 2.45) is 0 Å². The van der Waals surface area contributed by atoms with Gasteiger partial charge in [0.25, 0.3) is 0 Å². The number of fused-ring (bicyclic) bond motifs is 3. The van der Waals surface area contributed by atoms with Crippen molar-refractivity contribution < 1.29 is 0 Å². The van der Waals surface area contributed by atoms with Gasteiger partial charge in [-0.05, 0) is 79.2 Å². The van der Waals surface area contributed by atoms with Crippen molar-refractivity contribution >= 4 is 0 Å². The Bertz CT molecular complexity index is 2790. The van der Waals surface area contributed by atoms with E-state index in [0.717, 1.165) is 34.2 Å². The molecule has 1 heterocycles. The van der Waals surface area contributed by atoms with Crippen molar-refractivity contribution in [1.29, 1.82) is 0 Å². The summed E-state index contributed by atoms with van der Waals surface area (Å²) in [6.07, 6.45) is 0.918. The summed E-state index contributed by atoms with van der Waals surface area (Å²) < 4.78 is 0. The maximum Gasteiger partial charge on any atom is 0.164 e. The molecule has 3 nitrogen and oxygen atoms in total. The van der Waals surface area contributed by atoms with E-state index in [9.17, 15) is 0 Å². The molecule has 0 atom stereocenters. The molecule has 0 saturated carbocycles. The fourth-order valence-electron chi connectivity index (χ4n) is 7.87. The Balaban J connectivity index is 0.972. The summed E-state index contributed by atoms with van der Waals surface area (Å²) in [5.74, 6) is 1.94. The molecule has 0 N–H and O–H groups in total. The van der Waals surface area contributed by atoms with Crippen LogP contribution in [-0.2, 0) is 6.42 Å². The molecule has 1 aromatic heterocycles. The largest absolute Gasteiger partial charge is 0.208 e. The third-order valence-corrected chi connectivity index (χ3v) is 10.6. The van der Waals surface area contributed by atoms with E-state index in [2.05, 4.69) is 164 Å². The van der Waals surface area contributed by atoms with Crippen LogP contribution in [0.25, 0.3) is 89.8 Å². The molecule has 258 valence electrons. The summed E-state index contributed by atoms with van der Waals surface area (Å²) in [6.45, 7) is 0. The van der Waals surface area contributed by atoms with Gasteiger partial charge in [-0.2, -0.15) is 0 Å². The van der Waals surface area contributed by atoms with Gasteiger partial charge in [-0.1, -0.05) is 194 Å². The molecule has 0 aliphatic heterocycles. The highest BCUT2D eigenvalue weighted by Gasteiger charge is 2.24.